The van der Waals surface area contributed by atoms with Gasteiger partial charge in [-0.05, 0) is 42.5 Å². The van der Waals surface area contributed by atoms with Crippen molar-refractivity contribution in [3.8, 4) is 11.5 Å². The van der Waals surface area contributed by atoms with Crippen molar-refractivity contribution in [2.45, 2.75) is 0 Å². The summed E-state index contributed by atoms with van der Waals surface area (Å²) in [5.74, 6) is 1.55. The van der Waals surface area contributed by atoms with Gasteiger partial charge in [0, 0.05) is 23.5 Å². The molecule has 0 amide bonds. The van der Waals surface area contributed by atoms with Crippen LogP contribution in [0, 0.1) is 0 Å². The first kappa shape index (κ1) is 9.78. The van der Waals surface area contributed by atoms with Crippen molar-refractivity contribution in [3.63, 3.8) is 0 Å². The molecular formula is C14H11N2O. The van der Waals surface area contributed by atoms with E-state index in [1.54, 1.807) is 6.20 Å². The summed E-state index contributed by atoms with van der Waals surface area (Å²) in [6, 6.07) is 13.2. The van der Waals surface area contributed by atoms with Crippen LogP contribution in [-0.2, 0) is 0 Å². The number of hydrogen-bond acceptors (Lipinski definition) is 2. The molecule has 1 radical (unpaired) electrons. The summed E-state index contributed by atoms with van der Waals surface area (Å²) >= 11 is 0. The summed E-state index contributed by atoms with van der Waals surface area (Å²) in [7, 11) is 0. The van der Waals surface area contributed by atoms with E-state index in [4.69, 9.17) is 10.5 Å². The molecule has 3 nitrogen and oxygen atoms in total. The SMILES string of the molecule is Nc1ccc(Oc2ccc3c(c2)[N]C=C3)cc1. The number of benzene rings is 2. The van der Waals surface area contributed by atoms with Crippen LogP contribution < -0.4 is 15.8 Å². The fourth-order valence-electron chi connectivity index (χ4n) is 1.71. The number of anilines is 1. The topological polar surface area (TPSA) is 49.4 Å². The minimum Gasteiger partial charge on any atom is -0.457 e. The maximum Gasteiger partial charge on any atom is 0.129 e. The molecule has 83 valence electrons. The fourth-order valence-corrected chi connectivity index (χ4v) is 1.71. The van der Waals surface area contributed by atoms with Crippen molar-refractivity contribution in [1.29, 1.82) is 0 Å². The highest BCUT2D eigenvalue weighted by atomic mass is 16.5. The van der Waals surface area contributed by atoms with Crippen molar-refractivity contribution in [2.24, 2.45) is 0 Å². The number of hydrogen-bond donors (Lipinski definition) is 1. The van der Waals surface area contributed by atoms with Gasteiger partial charge in [-0.25, -0.2) is 0 Å². The van der Waals surface area contributed by atoms with Crippen LogP contribution in [0.1, 0.15) is 5.56 Å². The molecule has 0 saturated carbocycles. The Morgan fingerprint density at radius 3 is 2.53 bits per heavy atom. The summed E-state index contributed by atoms with van der Waals surface area (Å²) in [5.41, 5.74) is 8.40. The summed E-state index contributed by atoms with van der Waals surface area (Å²) in [5, 5.41) is 4.24. The first-order chi connectivity index (χ1) is 8.31. The second kappa shape index (κ2) is 3.87. The molecule has 2 aromatic rings. The molecule has 2 N–H and O–H groups in total. The van der Waals surface area contributed by atoms with Crippen LogP contribution in [0.4, 0.5) is 11.4 Å². The summed E-state index contributed by atoms with van der Waals surface area (Å²) in [6.45, 7) is 0. The van der Waals surface area contributed by atoms with Crippen molar-refractivity contribution >= 4 is 17.5 Å². The first-order valence-corrected chi connectivity index (χ1v) is 5.36. The van der Waals surface area contributed by atoms with Gasteiger partial charge in [0.15, 0.2) is 0 Å². The Labute approximate surface area is 99.5 Å². The molecule has 1 heterocycles. The van der Waals surface area contributed by atoms with Gasteiger partial charge in [-0.2, -0.15) is 0 Å². The Bertz CT molecular complexity index is 573. The maximum absolute atomic E-state index is 5.72. The average molecular weight is 223 g/mol. The third-order valence-electron chi connectivity index (χ3n) is 2.59. The molecule has 3 rings (SSSR count). The number of fused-ring (bicyclic) bond motifs is 1. The van der Waals surface area contributed by atoms with Crippen LogP contribution in [0.5, 0.6) is 11.5 Å². The fraction of sp³-hybridized carbons (Fsp3) is 0. The van der Waals surface area contributed by atoms with E-state index < -0.39 is 0 Å². The number of nitrogens with two attached hydrogens (primary N) is 1. The van der Waals surface area contributed by atoms with Gasteiger partial charge in [0.25, 0.3) is 0 Å². The van der Waals surface area contributed by atoms with Crippen LogP contribution in [0.25, 0.3) is 6.08 Å². The second-order valence-corrected chi connectivity index (χ2v) is 3.84. The molecule has 0 fully saturated rings. The lowest BCUT2D eigenvalue weighted by atomic mass is 10.2. The summed E-state index contributed by atoms with van der Waals surface area (Å²) in [6.07, 6.45) is 3.76. The summed E-state index contributed by atoms with van der Waals surface area (Å²) in [4.78, 5) is 0. The van der Waals surface area contributed by atoms with Gasteiger partial charge in [-0.15, -0.1) is 0 Å². The maximum atomic E-state index is 5.72. The van der Waals surface area contributed by atoms with E-state index in [-0.39, 0.29) is 0 Å². The van der Waals surface area contributed by atoms with E-state index in [2.05, 4.69) is 5.32 Å². The molecule has 0 atom stereocenters. The molecule has 2 aromatic carbocycles. The lowest BCUT2D eigenvalue weighted by molar-refractivity contribution is 0.483. The van der Waals surface area contributed by atoms with Gasteiger partial charge in [-0.1, -0.05) is 0 Å². The molecule has 17 heavy (non-hydrogen) atoms. The van der Waals surface area contributed by atoms with Gasteiger partial charge in [0.2, 0.25) is 0 Å². The van der Waals surface area contributed by atoms with E-state index in [1.807, 2.05) is 48.5 Å². The van der Waals surface area contributed by atoms with Gasteiger partial charge in [0.05, 0.1) is 5.69 Å². The Hall–Kier alpha value is -2.42. The van der Waals surface area contributed by atoms with E-state index in [1.165, 1.54) is 0 Å². The van der Waals surface area contributed by atoms with Crippen molar-refractivity contribution < 1.29 is 4.74 Å². The molecule has 1 aliphatic rings. The first-order valence-electron chi connectivity index (χ1n) is 5.36. The van der Waals surface area contributed by atoms with E-state index in [9.17, 15) is 0 Å². The lowest BCUT2D eigenvalue weighted by Gasteiger charge is -2.07. The molecular weight excluding hydrogens is 212 g/mol. The van der Waals surface area contributed by atoms with Gasteiger partial charge in [-0.3, -0.25) is 5.32 Å². The molecule has 0 aliphatic carbocycles. The molecule has 0 bridgehead atoms. The highest BCUT2D eigenvalue weighted by Crippen LogP contribution is 2.30. The standard InChI is InChI=1S/C14H11N2O/c15-11-2-5-12(6-3-11)17-13-4-1-10-7-8-16-14(10)9-13/h1-9H,15H2. The van der Waals surface area contributed by atoms with Crippen LogP contribution in [0.2, 0.25) is 0 Å². The minimum atomic E-state index is 0.727. The van der Waals surface area contributed by atoms with E-state index in [0.29, 0.717) is 0 Å². The second-order valence-electron chi connectivity index (χ2n) is 3.84. The minimum absolute atomic E-state index is 0.727. The Morgan fingerprint density at radius 1 is 0.941 bits per heavy atom. The average Bonchev–Trinajstić information content (AvgIpc) is 2.79. The third kappa shape index (κ3) is 1.95. The van der Waals surface area contributed by atoms with Gasteiger partial charge < -0.3 is 10.5 Å². The van der Waals surface area contributed by atoms with E-state index in [0.717, 1.165) is 28.4 Å². The van der Waals surface area contributed by atoms with Gasteiger partial charge >= 0.3 is 0 Å². The van der Waals surface area contributed by atoms with E-state index >= 15 is 0 Å². The predicted octanol–water partition coefficient (Wildman–Crippen LogP) is 3.28. The third-order valence-corrected chi connectivity index (χ3v) is 2.59. The van der Waals surface area contributed by atoms with Crippen LogP contribution in [0.3, 0.4) is 0 Å². The number of nitrogen functional groups attached to an aromatic ring is 1. The summed E-state index contributed by atoms with van der Waals surface area (Å²) < 4.78 is 5.72. The van der Waals surface area contributed by atoms with Crippen LogP contribution in [-0.4, -0.2) is 0 Å². The molecule has 0 saturated heterocycles. The monoisotopic (exact) mass is 223 g/mol. The molecule has 0 aromatic heterocycles. The number of nitrogens with zero attached hydrogens (tertiary/aromatic N) is 1. The van der Waals surface area contributed by atoms with Crippen LogP contribution >= 0.6 is 0 Å². The van der Waals surface area contributed by atoms with Crippen LogP contribution in [0.15, 0.2) is 48.7 Å². The predicted molar refractivity (Wildman–Crippen MR) is 68.2 cm³/mol. The molecule has 0 unspecified atom stereocenters. The van der Waals surface area contributed by atoms with Gasteiger partial charge in [0.1, 0.15) is 11.5 Å². The zero-order valence-electron chi connectivity index (χ0n) is 9.13. The molecule has 1 aliphatic heterocycles. The molecule has 0 spiro atoms. The number of ether oxygens (including phenoxy) is 1. The van der Waals surface area contributed by atoms with Crippen molar-refractivity contribution in [3.05, 3.63) is 54.2 Å². The highest BCUT2D eigenvalue weighted by molar-refractivity contribution is 5.70. The Balaban J connectivity index is 1.84. The van der Waals surface area contributed by atoms with Crippen molar-refractivity contribution in [2.75, 3.05) is 5.73 Å². The highest BCUT2D eigenvalue weighted by Gasteiger charge is 2.07. The zero-order chi connectivity index (χ0) is 11.7. The number of rotatable bonds is 2. The Kier molecular flexibility index (Phi) is 2.22. The lowest BCUT2D eigenvalue weighted by Crippen LogP contribution is -1.88. The molecule has 3 heteroatoms. The smallest absolute Gasteiger partial charge is 0.129 e. The zero-order valence-corrected chi connectivity index (χ0v) is 9.13. The quantitative estimate of drug-likeness (QED) is 0.794. The largest absolute Gasteiger partial charge is 0.457 e. The van der Waals surface area contributed by atoms with Crippen molar-refractivity contribution in [1.82, 2.24) is 5.32 Å². The normalized spacial score (nSPS) is 12.0. The Morgan fingerprint density at radius 2 is 1.71 bits per heavy atom.